The smallest absolute Gasteiger partial charge is 0.340 e. The van der Waals surface area contributed by atoms with Gasteiger partial charge in [-0.15, -0.1) is 0 Å². The van der Waals surface area contributed by atoms with Crippen LogP contribution in [0, 0.1) is 10.1 Å². The number of nitrogens with two attached hydrogens (primary N) is 1. The Labute approximate surface area is 152 Å². The van der Waals surface area contributed by atoms with Crippen LogP contribution in [0.5, 0.6) is 5.75 Å². The van der Waals surface area contributed by atoms with Crippen LogP contribution in [0.1, 0.15) is 10.4 Å². The molecule has 0 saturated carbocycles. The zero-order valence-electron chi connectivity index (χ0n) is 13.5. The number of nitro groups is 1. The standard InChI is InChI=1S/C16H14ClN3O6/c1-25-14-5-2-9(6-12(14)17)19-15(21)8-26-16(22)11-4-3-10(20(23)24)7-13(11)18/h2-7H,8,18H2,1H3,(H,19,21). The van der Waals surface area contributed by atoms with Crippen molar-refractivity contribution in [3.8, 4) is 5.75 Å². The van der Waals surface area contributed by atoms with Crippen LogP contribution in [0.3, 0.4) is 0 Å². The highest BCUT2D eigenvalue weighted by molar-refractivity contribution is 6.32. The molecule has 2 aromatic rings. The predicted molar refractivity (Wildman–Crippen MR) is 94.4 cm³/mol. The highest BCUT2D eigenvalue weighted by Gasteiger charge is 2.17. The molecule has 0 saturated heterocycles. The van der Waals surface area contributed by atoms with Gasteiger partial charge in [0.05, 0.1) is 28.3 Å². The van der Waals surface area contributed by atoms with Crippen LogP contribution < -0.4 is 15.8 Å². The number of esters is 1. The van der Waals surface area contributed by atoms with E-state index in [2.05, 4.69) is 5.32 Å². The Morgan fingerprint density at radius 1 is 1.27 bits per heavy atom. The molecule has 9 nitrogen and oxygen atoms in total. The van der Waals surface area contributed by atoms with E-state index in [1.54, 1.807) is 12.1 Å². The largest absolute Gasteiger partial charge is 0.495 e. The number of nitrogens with one attached hydrogen (secondary N) is 1. The third-order valence-corrected chi connectivity index (χ3v) is 3.53. The van der Waals surface area contributed by atoms with Gasteiger partial charge >= 0.3 is 5.97 Å². The molecule has 0 aromatic heterocycles. The van der Waals surface area contributed by atoms with Crippen LogP contribution in [0.15, 0.2) is 36.4 Å². The Balaban J connectivity index is 1.95. The quantitative estimate of drug-likeness (QED) is 0.341. The van der Waals surface area contributed by atoms with Crippen molar-refractivity contribution >= 4 is 40.5 Å². The first-order valence-electron chi connectivity index (χ1n) is 7.16. The number of halogens is 1. The summed E-state index contributed by atoms with van der Waals surface area (Å²) in [6, 6.07) is 7.94. The third kappa shape index (κ3) is 4.61. The van der Waals surface area contributed by atoms with Gasteiger partial charge in [-0.3, -0.25) is 14.9 Å². The lowest BCUT2D eigenvalue weighted by Gasteiger charge is -2.09. The van der Waals surface area contributed by atoms with Gasteiger partial charge in [0, 0.05) is 17.8 Å². The molecular weight excluding hydrogens is 366 g/mol. The lowest BCUT2D eigenvalue weighted by molar-refractivity contribution is -0.384. The van der Waals surface area contributed by atoms with Crippen LogP contribution in [0.2, 0.25) is 5.02 Å². The number of carbonyl (C=O) groups is 2. The molecule has 0 bridgehead atoms. The summed E-state index contributed by atoms with van der Waals surface area (Å²) in [4.78, 5) is 33.8. The highest BCUT2D eigenvalue weighted by Crippen LogP contribution is 2.27. The summed E-state index contributed by atoms with van der Waals surface area (Å²) in [5.41, 5.74) is 5.55. The Morgan fingerprint density at radius 3 is 2.58 bits per heavy atom. The summed E-state index contributed by atoms with van der Waals surface area (Å²) in [7, 11) is 1.46. The maximum Gasteiger partial charge on any atom is 0.340 e. The number of carbonyl (C=O) groups excluding carboxylic acids is 2. The van der Waals surface area contributed by atoms with Gasteiger partial charge in [-0.1, -0.05) is 11.6 Å². The van der Waals surface area contributed by atoms with Crippen molar-refractivity contribution < 1.29 is 24.0 Å². The first kappa shape index (κ1) is 19.0. The maximum atomic E-state index is 12.0. The molecule has 0 heterocycles. The number of hydrogen-bond donors (Lipinski definition) is 2. The topological polar surface area (TPSA) is 134 Å². The van der Waals surface area contributed by atoms with Gasteiger partial charge in [-0.2, -0.15) is 0 Å². The van der Waals surface area contributed by atoms with E-state index in [1.807, 2.05) is 0 Å². The van der Waals surface area contributed by atoms with Crippen LogP contribution in [0.25, 0.3) is 0 Å². The van der Waals surface area contributed by atoms with E-state index in [1.165, 1.54) is 13.2 Å². The summed E-state index contributed by atoms with van der Waals surface area (Å²) in [5, 5.41) is 13.5. The summed E-state index contributed by atoms with van der Waals surface area (Å²) < 4.78 is 9.86. The minimum atomic E-state index is -0.875. The monoisotopic (exact) mass is 379 g/mol. The van der Waals surface area contributed by atoms with Crippen molar-refractivity contribution in [2.24, 2.45) is 0 Å². The number of rotatable bonds is 6. The van der Waals surface area contributed by atoms with Crippen molar-refractivity contribution in [3.63, 3.8) is 0 Å². The first-order valence-corrected chi connectivity index (χ1v) is 7.54. The molecule has 2 aromatic carbocycles. The van der Waals surface area contributed by atoms with Crippen LogP contribution >= 0.6 is 11.6 Å². The van der Waals surface area contributed by atoms with Crippen LogP contribution in [-0.4, -0.2) is 30.5 Å². The number of nitrogens with zero attached hydrogens (tertiary/aromatic N) is 1. The van der Waals surface area contributed by atoms with E-state index in [4.69, 9.17) is 26.8 Å². The average molecular weight is 380 g/mol. The molecule has 10 heteroatoms. The Morgan fingerprint density at radius 2 is 2.00 bits per heavy atom. The van der Waals surface area contributed by atoms with Crippen LogP contribution in [-0.2, 0) is 9.53 Å². The van der Waals surface area contributed by atoms with Gasteiger partial charge in [0.15, 0.2) is 6.61 Å². The van der Waals surface area contributed by atoms with Crippen molar-refractivity contribution in [1.82, 2.24) is 0 Å². The fourth-order valence-electron chi connectivity index (χ4n) is 2.00. The number of nitrogen functional groups attached to an aromatic ring is 1. The molecule has 3 N–H and O–H groups in total. The minimum absolute atomic E-state index is 0.0732. The predicted octanol–water partition coefficient (Wildman–Crippen LogP) is 2.63. The van der Waals surface area contributed by atoms with E-state index >= 15 is 0 Å². The lowest BCUT2D eigenvalue weighted by atomic mass is 10.1. The van der Waals surface area contributed by atoms with Crippen molar-refractivity contribution in [2.75, 3.05) is 24.8 Å². The number of anilines is 2. The minimum Gasteiger partial charge on any atom is -0.495 e. The molecule has 0 spiro atoms. The van der Waals surface area contributed by atoms with E-state index in [9.17, 15) is 19.7 Å². The molecule has 2 rings (SSSR count). The summed E-state index contributed by atoms with van der Waals surface area (Å²) in [6.45, 7) is -0.571. The van der Waals surface area contributed by atoms with Gasteiger partial charge in [0.2, 0.25) is 0 Å². The number of nitro benzene ring substituents is 1. The van der Waals surface area contributed by atoms with Crippen molar-refractivity contribution in [1.29, 1.82) is 0 Å². The second-order valence-electron chi connectivity index (χ2n) is 5.00. The number of ether oxygens (including phenoxy) is 2. The first-order chi connectivity index (χ1) is 12.3. The fourth-order valence-corrected chi connectivity index (χ4v) is 2.26. The summed E-state index contributed by atoms with van der Waals surface area (Å²) >= 11 is 5.95. The second-order valence-corrected chi connectivity index (χ2v) is 5.41. The number of methoxy groups -OCH3 is 1. The molecule has 0 fully saturated rings. The zero-order chi connectivity index (χ0) is 19.3. The second kappa shape index (κ2) is 8.17. The van der Waals surface area contributed by atoms with Crippen molar-refractivity contribution in [3.05, 3.63) is 57.1 Å². The molecule has 0 unspecified atom stereocenters. The molecular formula is C16H14ClN3O6. The molecule has 0 radical (unpaired) electrons. The van der Waals surface area contributed by atoms with Crippen LogP contribution in [0.4, 0.5) is 17.1 Å². The summed E-state index contributed by atoms with van der Waals surface area (Å²) in [6.07, 6.45) is 0. The molecule has 0 aliphatic rings. The Hall–Kier alpha value is -3.33. The number of benzene rings is 2. The fraction of sp³-hybridized carbons (Fsp3) is 0.125. The normalized spacial score (nSPS) is 10.1. The maximum absolute atomic E-state index is 12.0. The molecule has 0 atom stereocenters. The number of amides is 1. The van der Waals surface area contributed by atoms with E-state index < -0.39 is 23.4 Å². The van der Waals surface area contributed by atoms with E-state index in [0.717, 1.165) is 18.2 Å². The number of non-ortho nitro benzene ring substituents is 1. The SMILES string of the molecule is COc1ccc(NC(=O)COC(=O)c2ccc([N+](=O)[O-])cc2N)cc1Cl. The van der Waals surface area contributed by atoms with Gasteiger partial charge in [0.25, 0.3) is 11.6 Å². The summed E-state index contributed by atoms with van der Waals surface area (Å²) in [5.74, 6) is -1.02. The van der Waals surface area contributed by atoms with E-state index in [-0.39, 0.29) is 16.9 Å². The van der Waals surface area contributed by atoms with Crippen molar-refractivity contribution in [2.45, 2.75) is 0 Å². The zero-order valence-corrected chi connectivity index (χ0v) is 14.3. The third-order valence-electron chi connectivity index (χ3n) is 3.24. The highest BCUT2D eigenvalue weighted by atomic mass is 35.5. The van der Waals surface area contributed by atoms with Gasteiger partial charge in [0.1, 0.15) is 5.75 Å². The van der Waals surface area contributed by atoms with E-state index in [0.29, 0.717) is 16.5 Å². The van der Waals surface area contributed by atoms with Gasteiger partial charge < -0.3 is 20.5 Å². The number of hydrogen-bond acceptors (Lipinski definition) is 7. The molecule has 1 amide bonds. The average Bonchev–Trinajstić information content (AvgIpc) is 2.59. The lowest BCUT2D eigenvalue weighted by Crippen LogP contribution is -2.21. The Kier molecular flexibility index (Phi) is 5.97. The Bertz CT molecular complexity index is 871. The van der Waals surface area contributed by atoms with Gasteiger partial charge in [-0.25, -0.2) is 4.79 Å². The molecule has 0 aliphatic carbocycles. The molecule has 0 aliphatic heterocycles. The molecule has 136 valence electrons. The molecule has 26 heavy (non-hydrogen) atoms. The van der Waals surface area contributed by atoms with Gasteiger partial charge in [-0.05, 0) is 24.3 Å².